The van der Waals surface area contributed by atoms with Crippen molar-refractivity contribution < 1.29 is 14.3 Å². The van der Waals surface area contributed by atoms with Gasteiger partial charge in [0.2, 0.25) is 5.91 Å². The first kappa shape index (κ1) is 18.6. The fraction of sp³-hybridized carbons (Fsp3) is 0.350. The fourth-order valence-corrected chi connectivity index (χ4v) is 2.38. The third-order valence-electron chi connectivity index (χ3n) is 3.65. The number of carbonyl (C=O) groups is 1. The maximum Gasteiger partial charge on any atom is 0.243 e. The summed E-state index contributed by atoms with van der Waals surface area (Å²) in [5.74, 6) is 1.19. The summed E-state index contributed by atoms with van der Waals surface area (Å²) >= 11 is 0. The van der Waals surface area contributed by atoms with Crippen molar-refractivity contribution in [1.29, 1.82) is 0 Å². The standard InChI is InChI=1S/C20H26N2O3/c1-4-15-7-9-16(10-8-15)21-14-20(23)22-18-13-17(24-5-2)11-12-19(18)25-6-3/h7-13,21H,4-6,14H2,1-3H3,(H,22,23). The van der Waals surface area contributed by atoms with Crippen LogP contribution >= 0.6 is 0 Å². The topological polar surface area (TPSA) is 59.6 Å². The van der Waals surface area contributed by atoms with Crippen molar-refractivity contribution in [2.24, 2.45) is 0 Å². The monoisotopic (exact) mass is 342 g/mol. The molecule has 0 heterocycles. The Morgan fingerprint density at radius 1 is 0.960 bits per heavy atom. The number of carbonyl (C=O) groups excluding carboxylic acids is 1. The van der Waals surface area contributed by atoms with Gasteiger partial charge in [-0.2, -0.15) is 0 Å². The highest BCUT2D eigenvalue weighted by atomic mass is 16.5. The van der Waals surface area contributed by atoms with Gasteiger partial charge >= 0.3 is 0 Å². The van der Waals surface area contributed by atoms with Crippen molar-refractivity contribution in [2.45, 2.75) is 27.2 Å². The minimum Gasteiger partial charge on any atom is -0.494 e. The average molecular weight is 342 g/mol. The number of hydrogen-bond acceptors (Lipinski definition) is 4. The minimum atomic E-state index is -0.144. The Morgan fingerprint density at radius 3 is 2.32 bits per heavy atom. The summed E-state index contributed by atoms with van der Waals surface area (Å²) in [6, 6.07) is 13.5. The lowest BCUT2D eigenvalue weighted by Crippen LogP contribution is -2.22. The molecule has 2 rings (SSSR count). The molecule has 0 saturated carbocycles. The van der Waals surface area contributed by atoms with Crippen LogP contribution in [0.4, 0.5) is 11.4 Å². The van der Waals surface area contributed by atoms with Gasteiger partial charge in [-0.1, -0.05) is 19.1 Å². The molecule has 25 heavy (non-hydrogen) atoms. The molecule has 0 aliphatic carbocycles. The normalized spacial score (nSPS) is 10.2. The Hall–Kier alpha value is -2.69. The van der Waals surface area contributed by atoms with Gasteiger partial charge in [0.15, 0.2) is 0 Å². The van der Waals surface area contributed by atoms with E-state index in [4.69, 9.17) is 9.47 Å². The number of nitrogens with one attached hydrogen (secondary N) is 2. The summed E-state index contributed by atoms with van der Waals surface area (Å²) in [5, 5.41) is 6.00. The number of ether oxygens (including phenoxy) is 2. The van der Waals surface area contributed by atoms with E-state index in [1.807, 2.05) is 32.0 Å². The van der Waals surface area contributed by atoms with Crippen molar-refractivity contribution >= 4 is 17.3 Å². The zero-order valence-corrected chi connectivity index (χ0v) is 15.1. The van der Waals surface area contributed by atoms with Crippen LogP contribution in [0.25, 0.3) is 0 Å². The zero-order valence-electron chi connectivity index (χ0n) is 15.1. The highest BCUT2D eigenvalue weighted by Gasteiger charge is 2.10. The van der Waals surface area contributed by atoms with Crippen LogP contribution < -0.4 is 20.1 Å². The predicted molar refractivity (Wildman–Crippen MR) is 102 cm³/mol. The van der Waals surface area contributed by atoms with E-state index in [9.17, 15) is 4.79 Å². The zero-order chi connectivity index (χ0) is 18.1. The van der Waals surface area contributed by atoms with Crippen LogP contribution in [-0.2, 0) is 11.2 Å². The predicted octanol–water partition coefficient (Wildman–Crippen LogP) is 4.10. The number of hydrogen-bond donors (Lipinski definition) is 2. The maximum absolute atomic E-state index is 12.3. The summed E-state index contributed by atoms with van der Waals surface area (Å²) in [4.78, 5) is 12.3. The van der Waals surface area contributed by atoms with Gasteiger partial charge in [-0.25, -0.2) is 0 Å². The summed E-state index contributed by atoms with van der Waals surface area (Å²) in [7, 11) is 0. The molecule has 2 aromatic rings. The van der Waals surface area contributed by atoms with Gasteiger partial charge < -0.3 is 20.1 Å². The molecule has 5 nitrogen and oxygen atoms in total. The molecule has 0 fully saturated rings. The average Bonchev–Trinajstić information content (AvgIpc) is 2.63. The lowest BCUT2D eigenvalue weighted by atomic mass is 10.1. The van der Waals surface area contributed by atoms with E-state index in [-0.39, 0.29) is 12.5 Å². The quantitative estimate of drug-likeness (QED) is 0.720. The molecule has 0 unspecified atom stereocenters. The van der Waals surface area contributed by atoms with Crippen molar-refractivity contribution in [2.75, 3.05) is 30.4 Å². The van der Waals surface area contributed by atoms with Crippen molar-refractivity contribution in [3.8, 4) is 11.5 Å². The van der Waals surface area contributed by atoms with E-state index in [0.717, 1.165) is 12.1 Å². The minimum absolute atomic E-state index is 0.144. The Labute approximate surface area is 149 Å². The molecule has 0 spiro atoms. The second-order valence-corrected chi connectivity index (χ2v) is 5.48. The Kier molecular flexibility index (Phi) is 7.14. The molecule has 0 aliphatic heterocycles. The molecule has 0 bridgehead atoms. The molecular weight excluding hydrogens is 316 g/mol. The molecule has 0 atom stereocenters. The molecule has 2 aromatic carbocycles. The van der Waals surface area contributed by atoms with Crippen LogP contribution in [0.1, 0.15) is 26.3 Å². The van der Waals surface area contributed by atoms with Gasteiger partial charge in [-0.3, -0.25) is 4.79 Å². The van der Waals surface area contributed by atoms with Crippen LogP contribution in [0.2, 0.25) is 0 Å². The molecule has 5 heteroatoms. The van der Waals surface area contributed by atoms with Gasteiger partial charge in [-0.05, 0) is 50.1 Å². The Bertz CT molecular complexity index is 684. The van der Waals surface area contributed by atoms with Crippen LogP contribution in [0.15, 0.2) is 42.5 Å². The summed E-state index contributed by atoms with van der Waals surface area (Å²) in [6.07, 6.45) is 0.997. The van der Waals surface area contributed by atoms with Crippen molar-refractivity contribution in [1.82, 2.24) is 0 Å². The van der Waals surface area contributed by atoms with E-state index >= 15 is 0 Å². The summed E-state index contributed by atoms with van der Waals surface area (Å²) < 4.78 is 11.1. The van der Waals surface area contributed by atoms with Crippen LogP contribution in [0.5, 0.6) is 11.5 Å². The van der Waals surface area contributed by atoms with Crippen LogP contribution in [0.3, 0.4) is 0 Å². The number of aryl methyl sites for hydroxylation is 1. The SMILES string of the molecule is CCOc1ccc(OCC)c(NC(=O)CNc2ccc(CC)cc2)c1. The third kappa shape index (κ3) is 5.71. The van der Waals surface area contributed by atoms with Gasteiger partial charge in [0.1, 0.15) is 11.5 Å². The van der Waals surface area contributed by atoms with Gasteiger partial charge in [-0.15, -0.1) is 0 Å². The second kappa shape index (κ2) is 9.57. The fourth-order valence-electron chi connectivity index (χ4n) is 2.38. The molecule has 0 aromatic heterocycles. The van der Waals surface area contributed by atoms with E-state index < -0.39 is 0 Å². The largest absolute Gasteiger partial charge is 0.494 e. The lowest BCUT2D eigenvalue weighted by Gasteiger charge is -2.14. The summed E-state index contributed by atoms with van der Waals surface area (Å²) in [6.45, 7) is 7.21. The molecule has 1 amide bonds. The van der Waals surface area contributed by atoms with Gasteiger partial charge in [0, 0.05) is 11.8 Å². The van der Waals surface area contributed by atoms with E-state index in [0.29, 0.717) is 30.4 Å². The molecule has 0 aliphatic rings. The molecule has 0 radical (unpaired) electrons. The van der Waals surface area contributed by atoms with Crippen LogP contribution in [0, 0.1) is 0 Å². The number of rotatable bonds is 9. The van der Waals surface area contributed by atoms with Crippen molar-refractivity contribution in [3.63, 3.8) is 0 Å². The first-order valence-corrected chi connectivity index (χ1v) is 8.68. The highest BCUT2D eigenvalue weighted by molar-refractivity contribution is 5.95. The molecule has 134 valence electrons. The first-order chi connectivity index (χ1) is 12.2. The summed E-state index contributed by atoms with van der Waals surface area (Å²) in [5.41, 5.74) is 2.80. The Balaban J connectivity index is 1.99. The number of benzene rings is 2. The van der Waals surface area contributed by atoms with Crippen molar-refractivity contribution in [3.05, 3.63) is 48.0 Å². The maximum atomic E-state index is 12.3. The smallest absolute Gasteiger partial charge is 0.243 e. The van der Waals surface area contributed by atoms with Gasteiger partial charge in [0.05, 0.1) is 25.4 Å². The van der Waals surface area contributed by atoms with Crippen LogP contribution in [-0.4, -0.2) is 25.7 Å². The van der Waals surface area contributed by atoms with E-state index in [1.165, 1.54) is 5.56 Å². The first-order valence-electron chi connectivity index (χ1n) is 8.68. The number of amides is 1. The van der Waals surface area contributed by atoms with Gasteiger partial charge in [0.25, 0.3) is 0 Å². The third-order valence-corrected chi connectivity index (χ3v) is 3.65. The molecular formula is C20H26N2O3. The van der Waals surface area contributed by atoms with E-state index in [2.05, 4.69) is 29.7 Å². The highest BCUT2D eigenvalue weighted by Crippen LogP contribution is 2.29. The lowest BCUT2D eigenvalue weighted by molar-refractivity contribution is -0.114. The Morgan fingerprint density at radius 2 is 1.68 bits per heavy atom. The number of anilines is 2. The molecule has 0 saturated heterocycles. The second-order valence-electron chi connectivity index (χ2n) is 5.48. The van der Waals surface area contributed by atoms with E-state index in [1.54, 1.807) is 12.1 Å². The molecule has 2 N–H and O–H groups in total.